The van der Waals surface area contributed by atoms with Crippen LogP contribution in [0.25, 0.3) is 12.2 Å². The van der Waals surface area contributed by atoms with E-state index < -0.39 is 16.9 Å². The summed E-state index contributed by atoms with van der Waals surface area (Å²) in [6, 6.07) is 11.8. The number of hydrogen-bond acceptors (Lipinski definition) is 4. The number of hydrogen-bond donors (Lipinski definition) is 3. The van der Waals surface area contributed by atoms with Crippen LogP contribution in [0.4, 0.5) is 4.39 Å². The van der Waals surface area contributed by atoms with Gasteiger partial charge in [0.15, 0.2) is 5.78 Å². The second-order valence-electron chi connectivity index (χ2n) is 6.90. The lowest BCUT2D eigenvalue weighted by atomic mass is 10.0. The summed E-state index contributed by atoms with van der Waals surface area (Å²) in [5, 5.41) is 0.130. The summed E-state index contributed by atoms with van der Waals surface area (Å²) in [6.45, 7) is 1.80. The molecule has 0 aliphatic rings. The first-order valence-corrected chi connectivity index (χ1v) is 9.37. The summed E-state index contributed by atoms with van der Waals surface area (Å²) in [4.78, 5) is 49.6. The second-order valence-corrected chi connectivity index (χ2v) is 6.90. The predicted molar refractivity (Wildman–Crippen MR) is 114 cm³/mol. The normalized spacial score (nSPS) is 12.3. The van der Waals surface area contributed by atoms with Gasteiger partial charge in [-0.25, -0.2) is 9.37 Å². The minimum atomic E-state index is -0.491. The monoisotopic (exact) mass is 416 g/mol. The van der Waals surface area contributed by atoms with Crippen molar-refractivity contribution in [2.75, 3.05) is 0 Å². The average Bonchev–Trinajstić information content (AvgIpc) is 3.16. The number of nitrogens with zero attached hydrogens (tertiary/aromatic N) is 1. The topological polar surface area (TPSA) is 111 Å². The summed E-state index contributed by atoms with van der Waals surface area (Å²) in [5.74, 6) is -0.707. The number of aromatic amines is 3. The first-order valence-electron chi connectivity index (χ1n) is 9.37. The van der Waals surface area contributed by atoms with Gasteiger partial charge in [-0.15, -0.1) is 0 Å². The average molecular weight is 416 g/mol. The molecule has 0 saturated carbocycles. The summed E-state index contributed by atoms with van der Waals surface area (Å²) < 4.78 is 13.1. The third-order valence-corrected chi connectivity index (χ3v) is 4.70. The quantitative estimate of drug-likeness (QED) is 0.433. The van der Waals surface area contributed by atoms with Crippen molar-refractivity contribution in [2.24, 2.45) is 0 Å². The molecule has 2 aromatic carbocycles. The van der Waals surface area contributed by atoms with Gasteiger partial charge in [-0.1, -0.05) is 18.2 Å². The van der Waals surface area contributed by atoms with Crippen LogP contribution in [-0.2, 0) is 0 Å². The Kier molecular flexibility index (Phi) is 5.28. The van der Waals surface area contributed by atoms with Crippen molar-refractivity contribution < 1.29 is 9.18 Å². The molecular formula is C23H17FN4O3. The molecule has 0 aliphatic heterocycles. The number of imidazole rings is 1. The van der Waals surface area contributed by atoms with Crippen molar-refractivity contribution in [1.29, 1.82) is 0 Å². The molecule has 0 aliphatic carbocycles. The first-order chi connectivity index (χ1) is 14.9. The molecule has 8 heteroatoms. The summed E-state index contributed by atoms with van der Waals surface area (Å²) >= 11 is 0. The van der Waals surface area contributed by atoms with Crippen molar-refractivity contribution in [3.05, 3.63) is 120 Å². The molecule has 3 N–H and O–H groups in total. The molecule has 2 aromatic heterocycles. The van der Waals surface area contributed by atoms with Gasteiger partial charge in [0.25, 0.3) is 11.1 Å². The van der Waals surface area contributed by atoms with Gasteiger partial charge in [0.2, 0.25) is 0 Å². The number of carbonyl (C=O) groups is 1. The zero-order chi connectivity index (χ0) is 22.0. The highest BCUT2D eigenvalue weighted by Gasteiger charge is 2.09. The van der Waals surface area contributed by atoms with Gasteiger partial charge in [0.05, 0.1) is 12.0 Å². The number of carbonyl (C=O) groups excluding carboxylic acids is 1. The Morgan fingerprint density at radius 3 is 2.26 bits per heavy atom. The predicted octanol–water partition coefficient (Wildman–Crippen LogP) is 1.12. The maximum Gasteiger partial charge on any atom is 0.272 e. The van der Waals surface area contributed by atoms with Gasteiger partial charge < -0.3 is 15.0 Å². The minimum absolute atomic E-state index is 0.0484. The van der Waals surface area contributed by atoms with Crippen molar-refractivity contribution in [3.63, 3.8) is 0 Å². The lowest BCUT2D eigenvalue weighted by molar-refractivity contribution is 0.103. The highest BCUT2D eigenvalue weighted by Crippen LogP contribution is 2.13. The summed E-state index contributed by atoms with van der Waals surface area (Å²) in [7, 11) is 0. The Morgan fingerprint density at radius 2 is 1.61 bits per heavy atom. The molecule has 31 heavy (non-hydrogen) atoms. The SMILES string of the molecule is Cc1[nH]cnc1/C=c1\[nH]c(=O)/c(=C/c2cccc(C(=O)c3ccc(F)cc3)c2)[nH]c1=O. The van der Waals surface area contributed by atoms with E-state index >= 15 is 0 Å². The maximum atomic E-state index is 13.1. The Balaban J connectivity index is 1.73. The van der Waals surface area contributed by atoms with Crippen LogP contribution < -0.4 is 21.8 Å². The fourth-order valence-corrected chi connectivity index (χ4v) is 3.05. The molecule has 0 unspecified atom stereocenters. The zero-order valence-electron chi connectivity index (χ0n) is 16.4. The van der Waals surface area contributed by atoms with E-state index in [9.17, 15) is 18.8 Å². The van der Waals surface area contributed by atoms with Crippen LogP contribution in [0, 0.1) is 12.7 Å². The molecular weight excluding hydrogens is 399 g/mol. The van der Waals surface area contributed by atoms with Gasteiger partial charge in [-0.3, -0.25) is 14.4 Å². The first kappa shape index (κ1) is 20.0. The number of nitrogens with one attached hydrogen (secondary N) is 3. The molecule has 0 fully saturated rings. The van der Waals surface area contributed by atoms with E-state index in [1.54, 1.807) is 31.2 Å². The van der Waals surface area contributed by atoms with E-state index in [4.69, 9.17) is 0 Å². The van der Waals surface area contributed by atoms with Gasteiger partial charge >= 0.3 is 0 Å². The Morgan fingerprint density at radius 1 is 0.935 bits per heavy atom. The van der Waals surface area contributed by atoms with Gasteiger partial charge in [0.1, 0.15) is 16.5 Å². The Labute approximate surface area is 174 Å². The fraction of sp³-hybridized carbons (Fsp3) is 0.0435. The molecule has 0 amide bonds. The molecule has 7 nitrogen and oxygen atoms in total. The lowest BCUT2D eigenvalue weighted by Gasteiger charge is -2.02. The Hall–Kier alpha value is -4.33. The minimum Gasteiger partial charge on any atom is -0.348 e. The van der Waals surface area contributed by atoms with E-state index in [-0.39, 0.29) is 16.5 Å². The fourth-order valence-electron chi connectivity index (χ4n) is 3.05. The number of benzene rings is 2. The highest BCUT2D eigenvalue weighted by molar-refractivity contribution is 6.09. The van der Waals surface area contributed by atoms with E-state index in [1.165, 1.54) is 42.7 Å². The molecule has 4 rings (SSSR count). The standard InChI is InChI=1S/C23H17FN4O3/c1-13-18(26-12-25-13)11-20-23(31)27-19(22(30)28-20)10-14-3-2-4-16(9-14)21(29)15-5-7-17(24)8-6-15/h2-12H,1H3,(H,25,26)(H,27,31)(H,28,30)/b19-10-,20-11-. The molecule has 0 spiro atoms. The molecule has 0 radical (unpaired) electrons. The van der Waals surface area contributed by atoms with E-state index in [0.717, 1.165) is 5.69 Å². The van der Waals surface area contributed by atoms with E-state index in [2.05, 4.69) is 19.9 Å². The summed E-state index contributed by atoms with van der Waals surface area (Å²) in [5.41, 5.74) is 1.61. The second kappa shape index (κ2) is 8.19. The largest absolute Gasteiger partial charge is 0.348 e. The van der Waals surface area contributed by atoms with Crippen LogP contribution in [0.2, 0.25) is 0 Å². The zero-order valence-corrected chi connectivity index (χ0v) is 16.4. The number of halogens is 1. The van der Waals surface area contributed by atoms with E-state index in [1.807, 2.05) is 0 Å². The molecule has 4 aromatic rings. The number of H-pyrrole nitrogens is 3. The van der Waals surface area contributed by atoms with Crippen molar-refractivity contribution in [3.8, 4) is 0 Å². The molecule has 2 heterocycles. The smallest absolute Gasteiger partial charge is 0.272 e. The number of aryl methyl sites for hydroxylation is 1. The van der Waals surface area contributed by atoms with Crippen LogP contribution in [0.5, 0.6) is 0 Å². The van der Waals surface area contributed by atoms with E-state index in [0.29, 0.717) is 22.4 Å². The third-order valence-electron chi connectivity index (χ3n) is 4.70. The Bertz CT molecular complexity index is 1510. The third kappa shape index (κ3) is 4.32. The van der Waals surface area contributed by atoms with Crippen LogP contribution in [0.15, 0.2) is 64.4 Å². The number of rotatable bonds is 4. The highest BCUT2D eigenvalue weighted by atomic mass is 19.1. The number of ketones is 1. The van der Waals surface area contributed by atoms with Crippen molar-refractivity contribution >= 4 is 17.9 Å². The molecule has 154 valence electrons. The lowest BCUT2D eigenvalue weighted by Crippen LogP contribution is -2.46. The van der Waals surface area contributed by atoms with Gasteiger partial charge in [-0.2, -0.15) is 0 Å². The molecule has 0 bridgehead atoms. The molecule has 0 atom stereocenters. The van der Waals surface area contributed by atoms with Gasteiger partial charge in [-0.05, 0) is 55.0 Å². The molecule has 0 saturated heterocycles. The van der Waals surface area contributed by atoms with Crippen molar-refractivity contribution in [2.45, 2.75) is 6.92 Å². The van der Waals surface area contributed by atoms with Gasteiger partial charge in [0, 0.05) is 16.8 Å². The van der Waals surface area contributed by atoms with Crippen LogP contribution >= 0.6 is 0 Å². The van der Waals surface area contributed by atoms with Crippen LogP contribution in [0.1, 0.15) is 32.9 Å². The van der Waals surface area contributed by atoms with Crippen LogP contribution in [0.3, 0.4) is 0 Å². The van der Waals surface area contributed by atoms with Crippen LogP contribution in [-0.4, -0.2) is 25.7 Å². The van der Waals surface area contributed by atoms with Crippen molar-refractivity contribution in [1.82, 2.24) is 19.9 Å². The summed E-state index contributed by atoms with van der Waals surface area (Å²) in [6.07, 6.45) is 4.46. The number of aromatic nitrogens is 4. The maximum absolute atomic E-state index is 13.1.